The molecular formula is C14H10FN5S. The van der Waals surface area contributed by atoms with Gasteiger partial charge < -0.3 is 0 Å². The lowest BCUT2D eigenvalue weighted by molar-refractivity contribution is 0.628. The third kappa shape index (κ3) is 2.92. The first-order chi connectivity index (χ1) is 10.2. The second-order valence-corrected chi connectivity index (χ2v) is 4.59. The highest BCUT2D eigenvalue weighted by Gasteiger charge is 2.07. The van der Waals surface area contributed by atoms with E-state index in [9.17, 15) is 4.39 Å². The van der Waals surface area contributed by atoms with Crippen LogP contribution in [0.15, 0.2) is 53.9 Å². The van der Waals surface area contributed by atoms with E-state index >= 15 is 0 Å². The molecule has 0 bridgehead atoms. The molecule has 104 valence electrons. The summed E-state index contributed by atoms with van der Waals surface area (Å²) < 4.78 is 14.7. The minimum Gasteiger partial charge on any atom is -0.264 e. The number of H-pyrrole nitrogens is 1. The summed E-state index contributed by atoms with van der Waals surface area (Å²) in [6, 6.07) is 9.68. The first-order valence-corrected chi connectivity index (χ1v) is 6.52. The molecule has 0 aliphatic heterocycles. The predicted octanol–water partition coefficient (Wildman–Crippen LogP) is 3.02. The molecule has 21 heavy (non-hydrogen) atoms. The largest absolute Gasteiger partial charge is 0.264 e. The molecule has 3 rings (SSSR count). The summed E-state index contributed by atoms with van der Waals surface area (Å²) in [5, 5.41) is 11.1. The highest BCUT2D eigenvalue weighted by Crippen LogP contribution is 2.15. The van der Waals surface area contributed by atoms with Crippen molar-refractivity contribution in [1.82, 2.24) is 19.9 Å². The van der Waals surface area contributed by atoms with Gasteiger partial charge in [0.25, 0.3) is 0 Å². The normalized spacial score (nSPS) is 11.1. The minimum absolute atomic E-state index is 0.289. The number of nitrogens with zero attached hydrogens (tertiary/aromatic N) is 4. The van der Waals surface area contributed by atoms with Crippen LogP contribution in [-0.4, -0.2) is 26.1 Å². The molecule has 7 heteroatoms. The Morgan fingerprint density at radius 2 is 2.05 bits per heavy atom. The van der Waals surface area contributed by atoms with Crippen LogP contribution in [0.1, 0.15) is 5.56 Å². The number of rotatable bonds is 3. The molecule has 0 radical (unpaired) electrons. The molecule has 3 aromatic rings. The summed E-state index contributed by atoms with van der Waals surface area (Å²) in [5.41, 5.74) is 1.55. The first kappa shape index (κ1) is 13.3. The van der Waals surface area contributed by atoms with E-state index < -0.39 is 0 Å². The van der Waals surface area contributed by atoms with Crippen molar-refractivity contribution in [3.05, 3.63) is 64.9 Å². The summed E-state index contributed by atoms with van der Waals surface area (Å²) in [6.07, 6.45) is 4.94. The Balaban J connectivity index is 1.98. The number of aromatic amines is 1. The maximum absolute atomic E-state index is 12.9. The van der Waals surface area contributed by atoms with Crippen molar-refractivity contribution in [2.75, 3.05) is 0 Å². The lowest BCUT2D eigenvalue weighted by atomic mass is 10.2. The average molecular weight is 299 g/mol. The molecule has 0 unspecified atom stereocenters. The predicted molar refractivity (Wildman–Crippen MR) is 80.0 cm³/mol. The van der Waals surface area contributed by atoms with E-state index in [4.69, 9.17) is 12.2 Å². The van der Waals surface area contributed by atoms with Gasteiger partial charge in [0.2, 0.25) is 4.77 Å². The Hall–Kier alpha value is -2.67. The molecule has 2 heterocycles. The number of halogens is 1. The molecule has 0 amide bonds. The number of hydrogen-bond acceptors (Lipinski definition) is 4. The van der Waals surface area contributed by atoms with E-state index in [1.165, 1.54) is 16.8 Å². The van der Waals surface area contributed by atoms with Gasteiger partial charge in [-0.2, -0.15) is 14.9 Å². The second-order valence-electron chi connectivity index (χ2n) is 4.20. The van der Waals surface area contributed by atoms with Crippen LogP contribution < -0.4 is 0 Å². The third-order valence-corrected chi connectivity index (χ3v) is 3.03. The number of hydrogen-bond donors (Lipinski definition) is 1. The fourth-order valence-corrected chi connectivity index (χ4v) is 1.93. The topological polar surface area (TPSA) is 58.9 Å². The smallest absolute Gasteiger partial charge is 0.216 e. The fraction of sp³-hybridized carbons (Fsp3) is 0. The Kier molecular flexibility index (Phi) is 3.65. The van der Waals surface area contributed by atoms with Gasteiger partial charge in [0.15, 0.2) is 5.82 Å². The standard InChI is InChI=1S/C14H10FN5S/c15-12-5-3-10(4-6-12)8-17-20-13(18-19-14(20)21)11-2-1-7-16-9-11/h1-9H,(H,19,21)/b17-8-. The molecule has 1 N–H and O–H groups in total. The Morgan fingerprint density at radius 1 is 1.24 bits per heavy atom. The molecule has 0 spiro atoms. The van der Waals surface area contributed by atoms with Gasteiger partial charge in [-0.05, 0) is 42.0 Å². The molecule has 0 saturated carbocycles. The maximum Gasteiger partial charge on any atom is 0.216 e. The van der Waals surface area contributed by atoms with Crippen LogP contribution in [0.2, 0.25) is 0 Å². The molecular weight excluding hydrogens is 289 g/mol. The highest BCUT2D eigenvalue weighted by molar-refractivity contribution is 7.71. The molecule has 0 aliphatic rings. The molecule has 1 aromatic carbocycles. The van der Waals surface area contributed by atoms with E-state index in [1.807, 2.05) is 6.07 Å². The van der Waals surface area contributed by atoms with E-state index in [-0.39, 0.29) is 5.82 Å². The number of aromatic nitrogens is 4. The molecule has 0 saturated heterocycles. The summed E-state index contributed by atoms with van der Waals surface area (Å²) in [4.78, 5) is 4.04. The number of pyridine rings is 1. The van der Waals surface area contributed by atoms with Crippen molar-refractivity contribution < 1.29 is 4.39 Å². The van der Waals surface area contributed by atoms with Crippen LogP contribution in [0, 0.1) is 10.6 Å². The zero-order valence-corrected chi connectivity index (χ0v) is 11.6. The molecule has 2 aromatic heterocycles. The minimum atomic E-state index is -0.289. The summed E-state index contributed by atoms with van der Waals surface area (Å²) >= 11 is 5.16. The Morgan fingerprint density at radius 3 is 2.76 bits per heavy atom. The van der Waals surface area contributed by atoms with Gasteiger partial charge in [-0.3, -0.25) is 4.98 Å². The van der Waals surface area contributed by atoms with Crippen molar-refractivity contribution in [3.8, 4) is 11.4 Å². The quantitative estimate of drug-likeness (QED) is 0.597. The SMILES string of the molecule is Fc1ccc(/C=N\n2c(-c3cccnc3)n[nH]c2=S)cc1. The van der Waals surface area contributed by atoms with Gasteiger partial charge in [0.1, 0.15) is 5.82 Å². The summed E-state index contributed by atoms with van der Waals surface area (Å²) in [7, 11) is 0. The molecule has 0 fully saturated rings. The van der Waals surface area contributed by atoms with Gasteiger partial charge in [-0.25, -0.2) is 9.49 Å². The Bertz CT molecular complexity index is 821. The van der Waals surface area contributed by atoms with E-state index in [0.29, 0.717) is 10.6 Å². The Labute approximate surface area is 124 Å². The molecule has 5 nitrogen and oxygen atoms in total. The number of benzene rings is 1. The van der Waals surface area contributed by atoms with Crippen molar-refractivity contribution in [2.24, 2.45) is 5.10 Å². The van der Waals surface area contributed by atoms with Crippen LogP contribution >= 0.6 is 12.2 Å². The maximum atomic E-state index is 12.9. The summed E-state index contributed by atoms with van der Waals surface area (Å²) in [6.45, 7) is 0. The fourth-order valence-electron chi connectivity index (χ4n) is 1.75. The summed E-state index contributed by atoms with van der Waals surface area (Å²) in [5.74, 6) is 0.273. The van der Waals surface area contributed by atoms with Crippen molar-refractivity contribution >= 4 is 18.4 Å². The van der Waals surface area contributed by atoms with E-state index in [2.05, 4.69) is 20.3 Å². The van der Waals surface area contributed by atoms with E-state index in [1.54, 1.807) is 36.8 Å². The molecule has 0 aliphatic carbocycles. The van der Waals surface area contributed by atoms with E-state index in [0.717, 1.165) is 11.1 Å². The molecule has 0 atom stereocenters. The van der Waals surface area contributed by atoms with Crippen LogP contribution in [0.5, 0.6) is 0 Å². The third-order valence-electron chi connectivity index (χ3n) is 2.76. The second kappa shape index (κ2) is 5.76. The van der Waals surface area contributed by atoms with Crippen molar-refractivity contribution in [3.63, 3.8) is 0 Å². The first-order valence-electron chi connectivity index (χ1n) is 6.12. The van der Waals surface area contributed by atoms with Crippen LogP contribution in [-0.2, 0) is 0 Å². The van der Waals surface area contributed by atoms with Gasteiger partial charge in [-0.1, -0.05) is 12.1 Å². The van der Waals surface area contributed by atoms with Gasteiger partial charge >= 0.3 is 0 Å². The van der Waals surface area contributed by atoms with Crippen molar-refractivity contribution in [2.45, 2.75) is 0 Å². The zero-order valence-electron chi connectivity index (χ0n) is 10.8. The van der Waals surface area contributed by atoms with Crippen LogP contribution in [0.3, 0.4) is 0 Å². The van der Waals surface area contributed by atoms with Crippen LogP contribution in [0.25, 0.3) is 11.4 Å². The monoisotopic (exact) mass is 299 g/mol. The van der Waals surface area contributed by atoms with Gasteiger partial charge in [-0.15, -0.1) is 0 Å². The van der Waals surface area contributed by atoms with Crippen molar-refractivity contribution in [1.29, 1.82) is 0 Å². The van der Waals surface area contributed by atoms with Crippen LogP contribution in [0.4, 0.5) is 4.39 Å². The van der Waals surface area contributed by atoms with Gasteiger partial charge in [0, 0.05) is 18.0 Å². The zero-order chi connectivity index (χ0) is 14.7. The van der Waals surface area contributed by atoms with Gasteiger partial charge in [0.05, 0.1) is 6.21 Å². The highest BCUT2D eigenvalue weighted by atomic mass is 32.1. The lowest BCUT2D eigenvalue weighted by Crippen LogP contribution is -1.95. The lowest BCUT2D eigenvalue weighted by Gasteiger charge is -2.00. The average Bonchev–Trinajstić information content (AvgIpc) is 2.89. The number of nitrogens with one attached hydrogen (secondary N) is 1.